The third-order valence-corrected chi connectivity index (χ3v) is 10.2. The highest BCUT2D eigenvalue weighted by molar-refractivity contribution is 5.82. The van der Waals surface area contributed by atoms with Crippen molar-refractivity contribution >= 4 is 58.4 Å². The number of para-hydroxylation sites is 2. The molecule has 7 aromatic rings. The predicted octanol–water partition coefficient (Wildman–Crippen LogP) is 14.7. The van der Waals surface area contributed by atoms with Crippen LogP contribution in [0.2, 0.25) is 0 Å². The molecule has 0 unspecified atom stereocenters. The maximum Gasteiger partial charge on any atom is 0.0464 e. The van der Waals surface area contributed by atoms with Gasteiger partial charge in [0.1, 0.15) is 0 Å². The molecule has 2 nitrogen and oxygen atoms in total. The lowest BCUT2D eigenvalue weighted by molar-refractivity contribution is 1.10. The highest BCUT2D eigenvalue weighted by Gasteiger charge is 2.15. The standard InChI is InChI=1S/C52H48N2/c1-5-43-37-51(31-21-39(43)3)53(47-17-9-7-10-18-47)49-33-25-41(26-34-49)23-29-45-15-13-14-16-46(45)30-24-42-27-35-50(36-28-42)54(48-19-11-8-12-20-48)52-32-22-40(4)44(6-2)38-52/h7-38H,5-6H2,1-4H3. The van der Waals surface area contributed by atoms with Gasteiger partial charge in [0.25, 0.3) is 0 Å². The summed E-state index contributed by atoms with van der Waals surface area (Å²) in [7, 11) is 0. The van der Waals surface area contributed by atoms with Gasteiger partial charge in [-0.1, -0.05) is 135 Å². The van der Waals surface area contributed by atoms with Crippen molar-refractivity contribution in [2.75, 3.05) is 9.80 Å². The molecule has 0 radical (unpaired) electrons. The van der Waals surface area contributed by atoms with E-state index in [1.807, 2.05) is 0 Å². The minimum atomic E-state index is 1.01. The zero-order chi connectivity index (χ0) is 37.3. The molecule has 0 aliphatic heterocycles. The van der Waals surface area contributed by atoms with Crippen molar-refractivity contribution in [3.8, 4) is 0 Å². The van der Waals surface area contributed by atoms with Crippen molar-refractivity contribution in [3.63, 3.8) is 0 Å². The Bertz CT molecular complexity index is 2180. The first-order chi connectivity index (χ1) is 26.5. The Labute approximate surface area is 322 Å². The molecule has 54 heavy (non-hydrogen) atoms. The van der Waals surface area contributed by atoms with E-state index in [-0.39, 0.29) is 0 Å². The quantitative estimate of drug-likeness (QED) is 0.117. The number of anilines is 6. The number of rotatable bonds is 12. The molecule has 0 aliphatic rings. The minimum Gasteiger partial charge on any atom is -0.310 e. The zero-order valence-corrected chi connectivity index (χ0v) is 31.8. The van der Waals surface area contributed by atoms with Crippen molar-refractivity contribution in [1.82, 2.24) is 0 Å². The summed E-state index contributed by atoms with van der Waals surface area (Å²) in [5.74, 6) is 0. The van der Waals surface area contributed by atoms with Crippen molar-refractivity contribution < 1.29 is 0 Å². The van der Waals surface area contributed by atoms with Crippen LogP contribution in [0.4, 0.5) is 34.1 Å². The lowest BCUT2D eigenvalue weighted by Gasteiger charge is -2.26. The van der Waals surface area contributed by atoms with Crippen LogP contribution in [0.1, 0.15) is 58.4 Å². The van der Waals surface area contributed by atoms with Gasteiger partial charge in [-0.05, 0) is 144 Å². The van der Waals surface area contributed by atoms with E-state index in [2.05, 4.69) is 232 Å². The van der Waals surface area contributed by atoms with Crippen LogP contribution in [-0.4, -0.2) is 0 Å². The van der Waals surface area contributed by atoms with Crippen molar-refractivity contribution in [1.29, 1.82) is 0 Å². The van der Waals surface area contributed by atoms with E-state index in [1.54, 1.807) is 0 Å². The van der Waals surface area contributed by atoms with E-state index >= 15 is 0 Å². The molecule has 0 atom stereocenters. The third kappa shape index (κ3) is 8.30. The van der Waals surface area contributed by atoms with Gasteiger partial charge in [0.05, 0.1) is 0 Å². The average molecular weight is 701 g/mol. The second-order valence-electron chi connectivity index (χ2n) is 13.7. The van der Waals surface area contributed by atoms with Gasteiger partial charge in [-0.2, -0.15) is 0 Å². The molecule has 0 spiro atoms. The maximum atomic E-state index is 2.34. The van der Waals surface area contributed by atoms with Gasteiger partial charge >= 0.3 is 0 Å². The molecule has 266 valence electrons. The van der Waals surface area contributed by atoms with Gasteiger partial charge in [-0.3, -0.25) is 0 Å². The summed E-state index contributed by atoms with van der Waals surface area (Å²) in [4.78, 5) is 4.67. The van der Waals surface area contributed by atoms with Gasteiger partial charge in [0.2, 0.25) is 0 Å². The highest BCUT2D eigenvalue weighted by atomic mass is 15.1. The van der Waals surface area contributed by atoms with E-state index in [1.165, 1.54) is 44.8 Å². The van der Waals surface area contributed by atoms with Crippen LogP contribution in [0.5, 0.6) is 0 Å². The monoisotopic (exact) mass is 700 g/mol. The Balaban J connectivity index is 1.10. The molecule has 0 aliphatic carbocycles. The molecule has 2 heteroatoms. The molecule has 0 fully saturated rings. The fourth-order valence-corrected chi connectivity index (χ4v) is 7.06. The van der Waals surface area contributed by atoms with Gasteiger partial charge in [0, 0.05) is 34.1 Å². The molecular formula is C52H48N2. The van der Waals surface area contributed by atoms with Crippen LogP contribution in [0.3, 0.4) is 0 Å². The third-order valence-electron chi connectivity index (χ3n) is 10.2. The summed E-state index contributed by atoms with van der Waals surface area (Å²) in [6.45, 7) is 8.83. The van der Waals surface area contributed by atoms with Crippen LogP contribution < -0.4 is 9.80 Å². The molecule has 0 bridgehead atoms. The molecule has 0 saturated carbocycles. The fourth-order valence-electron chi connectivity index (χ4n) is 7.06. The Morgan fingerprint density at radius 2 is 0.685 bits per heavy atom. The SMILES string of the molecule is CCc1cc(N(c2ccccc2)c2ccc(C=Cc3ccccc3C=Cc3ccc(N(c4ccccc4)c4ccc(C)c(CC)c4)cc3)cc2)ccc1C. The largest absolute Gasteiger partial charge is 0.310 e. The Kier molecular flexibility index (Phi) is 11.3. The lowest BCUT2D eigenvalue weighted by atomic mass is 10.0. The first-order valence-electron chi connectivity index (χ1n) is 19.1. The Morgan fingerprint density at radius 3 is 1.06 bits per heavy atom. The minimum absolute atomic E-state index is 1.01. The van der Waals surface area contributed by atoms with Gasteiger partial charge in [-0.25, -0.2) is 0 Å². The van der Waals surface area contributed by atoms with E-state index in [0.717, 1.165) is 46.7 Å². The number of benzene rings is 7. The van der Waals surface area contributed by atoms with Crippen LogP contribution in [0.15, 0.2) is 170 Å². The van der Waals surface area contributed by atoms with Crippen LogP contribution in [0, 0.1) is 13.8 Å². The highest BCUT2D eigenvalue weighted by Crippen LogP contribution is 2.37. The zero-order valence-electron chi connectivity index (χ0n) is 31.8. The molecule has 0 N–H and O–H groups in total. The number of aryl methyl sites for hydroxylation is 4. The van der Waals surface area contributed by atoms with Gasteiger partial charge < -0.3 is 9.80 Å². The van der Waals surface area contributed by atoms with Crippen molar-refractivity contribution in [3.05, 3.63) is 214 Å². The van der Waals surface area contributed by atoms with E-state index in [9.17, 15) is 0 Å². The summed E-state index contributed by atoms with van der Waals surface area (Å²) < 4.78 is 0. The second-order valence-corrected chi connectivity index (χ2v) is 13.7. The number of nitrogens with zero attached hydrogens (tertiary/aromatic N) is 2. The molecule has 0 amide bonds. The summed E-state index contributed by atoms with van der Waals surface area (Å²) in [5, 5.41) is 0. The fraction of sp³-hybridized carbons (Fsp3) is 0.115. The molecule has 0 saturated heterocycles. The van der Waals surface area contributed by atoms with Crippen LogP contribution in [-0.2, 0) is 12.8 Å². The van der Waals surface area contributed by atoms with Crippen molar-refractivity contribution in [2.45, 2.75) is 40.5 Å². The van der Waals surface area contributed by atoms with E-state index in [0.29, 0.717) is 0 Å². The summed E-state index contributed by atoms with van der Waals surface area (Å²) in [5.41, 5.74) is 17.0. The van der Waals surface area contributed by atoms with Crippen LogP contribution >= 0.6 is 0 Å². The molecule has 0 heterocycles. The maximum absolute atomic E-state index is 2.34. The Morgan fingerprint density at radius 1 is 0.352 bits per heavy atom. The van der Waals surface area contributed by atoms with E-state index < -0.39 is 0 Å². The molecule has 7 aromatic carbocycles. The summed E-state index contributed by atoms with van der Waals surface area (Å²) in [6, 6.07) is 61.0. The normalized spacial score (nSPS) is 11.3. The number of hydrogen-bond donors (Lipinski definition) is 0. The van der Waals surface area contributed by atoms with Crippen LogP contribution in [0.25, 0.3) is 24.3 Å². The van der Waals surface area contributed by atoms with Gasteiger partial charge in [0.15, 0.2) is 0 Å². The molecule has 0 aromatic heterocycles. The second kappa shape index (κ2) is 17.0. The molecule has 7 rings (SSSR count). The average Bonchev–Trinajstić information content (AvgIpc) is 3.22. The predicted molar refractivity (Wildman–Crippen MR) is 235 cm³/mol. The number of hydrogen-bond acceptors (Lipinski definition) is 2. The Hall–Kier alpha value is -6.38. The topological polar surface area (TPSA) is 6.48 Å². The van der Waals surface area contributed by atoms with Gasteiger partial charge in [-0.15, -0.1) is 0 Å². The van der Waals surface area contributed by atoms with Crippen molar-refractivity contribution in [2.24, 2.45) is 0 Å². The molecular weight excluding hydrogens is 653 g/mol. The first kappa shape index (κ1) is 36.0. The first-order valence-corrected chi connectivity index (χ1v) is 19.1. The van der Waals surface area contributed by atoms with E-state index in [4.69, 9.17) is 0 Å². The lowest BCUT2D eigenvalue weighted by Crippen LogP contribution is -2.10. The summed E-state index contributed by atoms with van der Waals surface area (Å²) >= 11 is 0. The summed E-state index contributed by atoms with van der Waals surface area (Å²) in [6.07, 6.45) is 10.8. The smallest absolute Gasteiger partial charge is 0.0464 e.